The number of carbonyl (C=O) groups is 1. The summed E-state index contributed by atoms with van der Waals surface area (Å²) in [6.07, 6.45) is 4.92. The van der Waals surface area contributed by atoms with E-state index in [0.717, 1.165) is 56.9 Å². The van der Waals surface area contributed by atoms with Gasteiger partial charge >= 0.3 is 6.16 Å². The highest BCUT2D eigenvalue weighted by molar-refractivity contribution is 5.85. The minimum atomic E-state index is -1.32. The van der Waals surface area contributed by atoms with Gasteiger partial charge in [0.2, 0.25) is 0 Å². The first-order chi connectivity index (χ1) is 19.0. The molecular formula is C31H30N4O4. The van der Waals surface area contributed by atoms with E-state index in [9.17, 15) is 4.79 Å². The van der Waals surface area contributed by atoms with Crippen LogP contribution in [-0.2, 0) is 17.8 Å². The normalized spacial score (nSPS) is 13.2. The molecule has 39 heavy (non-hydrogen) atoms. The van der Waals surface area contributed by atoms with Crippen molar-refractivity contribution >= 4 is 17.2 Å². The third-order valence-electron chi connectivity index (χ3n) is 7.19. The highest BCUT2D eigenvalue weighted by atomic mass is 16.7. The molecule has 8 heteroatoms. The highest BCUT2D eigenvalue weighted by Crippen LogP contribution is 2.42. The average Bonchev–Trinajstić information content (AvgIpc) is 3.55. The molecule has 3 aromatic carbocycles. The Morgan fingerprint density at radius 2 is 1.87 bits per heavy atom. The van der Waals surface area contributed by atoms with Gasteiger partial charge in [-0.1, -0.05) is 42.5 Å². The van der Waals surface area contributed by atoms with E-state index in [2.05, 4.69) is 46.9 Å². The lowest BCUT2D eigenvalue weighted by atomic mass is 10.0. The number of aryl methyl sites for hydroxylation is 1. The third-order valence-corrected chi connectivity index (χ3v) is 7.19. The molecule has 0 saturated heterocycles. The minimum Gasteiger partial charge on any atom is -0.449 e. The molecule has 1 N–H and O–H groups in total. The molecule has 8 nitrogen and oxygen atoms in total. The Morgan fingerprint density at radius 1 is 1.08 bits per heavy atom. The van der Waals surface area contributed by atoms with Crippen molar-refractivity contribution in [2.75, 3.05) is 13.7 Å². The number of methoxy groups -OCH3 is 1. The van der Waals surface area contributed by atoms with E-state index >= 15 is 0 Å². The van der Waals surface area contributed by atoms with Crippen LogP contribution in [0, 0.1) is 6.92 Å². The van der Waals surface area contributed by atoms with Gasteiger partial charge in [0.05, 0.1) is 29.7 Å². The number of hydrogen-bond donors (Lipinski definition) is 1. The lowest BCUT2D eigenvalue weighted by molar-refractivity contribution is 0.144. The maximum absolute atomic E-state index is 11.1. The summed E-state index contributed by atoms with van der Waals surface area (Å²) >= 11 is 0. The average molecular weight is 523 g/mol. The van der Waals surface area contributed by atoms with Gasteiger partial charge in [-0.3, -0.25) is 0 Å². The van der Waals surface area contributed by atoms with Crippen LogP contribution in [0.15, 0.2) is 73.2 Å². The second-order valence-electron chi connectivity index (χ2n) is 10.0. The molecule has 0 unspecified atom stereocenters. The van der Waals surface area contributed by atoms with E-state index in [-0.39, 0.29) is 0 Å². The van der Waals surface area contributed by atoms with Gasteiger partial charge in [-0.2, -0.15) is 0 Å². The maximum atomic E-state index is 11.1. The van der Waals surface area contributed by atoms with Gasteiger partial charge in [-0.25, -0.2) is 14.8 Å². The van der Waals surface area contributed by atoms with Crippen LogP contribution in [0.25, 0.3) is 33.4 Å². The van der Waals surface area contributed by atoms with Crippen LogP contribution < -0.4 is 4.74 Å². The van der Waals surface area contributed by atoms with Crippen molar-refractivity contribution in [3.05, 3.63) is 90.1 Å². The number of ether oxygens (including phenoxy) is 2. The fraction of sp³-hybridized carbons (Fsp3) is 0.258. The summed E-state index contributed by atoms with van der Waals surface area (Å²) < 4.78 is 14.6. The maximum Gasteiger partial charge on any atom is 0.511 e. The largest absolute Gasteiger partial charge is 0.511 e. The number of imidazole rings is 2. The van der Waals surface area contributed by atoms with Crippen molar-refractivity contribution in [1.29, 1.82) is 0 Å². The van der Waals surface area contributed by atoms with Crippen molar-refractivity contribution in [3.63, 3.8) is 0 Å². The molecule has 1 fully saturated rings. The number of hydrogen-bond acceptors (Lipinski definition) is 5. The second-order valence-corrected chi connectivity index (χ2v) is 10.0. The molecule has 1 aliphatic carbocycles. The van der Waals surface area contributed by atoms with E-state index in [1.165, 1.54) is 12.8 Å². The Hall–Kier alpha value is -4.43. The molecule has 1 aliphatic rings. The van der Waals surface area contributed by atoms with Gasteiger partial charge in [-0.15, -0.1) is 0 Å². The second kappa shape index (κ2) is 10.4. The first-order valence-electron chi connectivity index (χ1n) is 13.1. The Balaban J connectivity index is 1.34. The molecule has 2 aromatic heterocycles. The van der Waals surface area contributed by atoms with E-state index in [4.69, 9.17) is 19.6 Å². The molecule has 5 aromatic rings. The van der Waals surface area contributed by atoms with Crippen LogP contribution in [0.2, 0.25) is 0 Å². The van der Waals surface area contributed by atoms with E-state index in [1.807, 2.05) is 35.2 Å². The first kappa shape index (κ1) is 24.9. The van der Waals surface area contributed by atoms with Crippen LogP contribution in [0.5, 0.6) is 5.75 Å². The summed E-state index contributed by atoms with van der Waals surface area (Å²) in [5, 5.41) is 9.09. The van der Waals surface area contributed by atoms with Gasteiger partial charge in [0.25, 0.3) is 0 Å². The van der Waals surface area contributed by atoms with Crippen LogP contribution in [0.1, 0.15) is 35.7 Å². The molecule has 198 valence electrons. The van der Waals surface area contributed by atoms with Gasteiger partial charge in [0, 0.05) is 43.4 Å². The van der Waals surface area contributed by atoms with Crippen molar-refractivity contribution in [2.45, 2.75) is 38.8 Å². The molecule has 0 radical (unpaired) electrons. The molecule has 0 atom stereocenters. The smallest absolute Gasteiger partial charge is 0.449 e. The number of rotatable bonds is 9. The van der Waals surface area contributed by atoms with Crippen molar-refractivity contribution in [1.82, 2.24) is 19.1 Å². The summed E-state index contributed by atoms with van der Waals surface area (Å²) in [7, 11) is 1.70. The molecule has 6 rings (SSSR count). The fourth-order valence-electron chi connectivity index (χ4n) is 5.07. The highest BCUT2D eigenvalue weighted by Gasteiger charge is 2.30. The van der Waals surface area contributed by atoms with Crippen LogP contribution in [0.3, 0.4) is 0 Å². The zero-order chi connectivity index (χ0) is 26.9. The van der Waals surface area contributed by atoms with Gasteiger partial charge in [0.15, 0.2) is 0 Å². The lowest BCUT2D eigenvalue weighted by Crippen LogP contribution is -2.05. The van der Waals surface area contributed by atoms with Crippen molar-refractivity contribution in [2.24, 2.45) is 0 Å². The van der Waals surface area contributed by atoms with Crippen LogP contribution in [0.4, 0.5) is 4.79 Å². The lowest BCUT2D eigenvalue weighted by Gasteiger charge is -2.12. The number of para-hydroxylation sites is 1. The molecule has 2 heterocycles. The Bertz CT molecular complexity index is 1650. The summed E-state index contributed by atoms with van der Waals surface area (Å²) in [5.74, 6) is 1.95. The predicted molar refractivity (Wildman–Crippen MR) is 149 cm³/mol. The fourth-order valence-corrected chi connectivity index (χ4v) is 5.07. The summed E-state index contributed by atoms with van der Waals surface area (Å²) in [5.41, 5.74) is 8.08. The van der Waals surface area contributed by atoms with E-state index < -0.39 is 6.16 Å². The van der Waals surface area contributed by atoms with Crippen LogP contribution >= 0.6 is 0 Å². The number of benzene rings is 3. The van der Waals surface area contributed by atoms with Gasteiger partial charge < -0.3 is 23.7 Å². The SMILES string of the molecule is COCCn1cnc(-c2cc(C)c3nc(C4CC4)n(Cc4ccc(-c5ccccc5OC(=O)O)cc4)c3c2)c1. The molecule has 0 aliphatic heterocycles. The van der Waals surface area contributed by atoms with Gasteiger partial charge in [0.1, 0.15) is 11.6 Å². The van der Waals surface area contributed by atoms with E-state index in [1.54, 1.807) is 19.2 Å². The monoisotopic (exact) mass is 522 g/mol. The Morgan fingerprint density at radius 3 is 2.62 bits per heavy atom. The predicted octanol–water partition coefficient (Wildman–Crippen LogP) is 6.50. The standard InChI is InChI=1S/C31H30N4O4/c1-20-15-24(26-18-34(19-32-26)13-14-38-2)16-27-29(20)33-30(23-11-12-23)35(27)17-21-7-9-22(10-8-21)25-5-3-4-6-28(25)39-31(36)37/h3-10,15-16,18-19,23H,11-14,17H2,1-2H3,(H,36,37). The van der Waals surface area contributed by atoms with Crippen LogP contribution in [-0.4, -0.2) is 44.1 Å². The summed E-state index contributed by atoms with van der Waals surface area (Å²) in [6, 6.07) is 19.7. The van der Waals surface area contributed by atoms with E-state index in [0.29, 0.717) is 24.8 Å². The molecule has 0 spiro atoms. The number of nitrogens with zero attached hydrogens (tertiary/aromatic N) is 4. The summed E-state index contributed by atoms with van der Waals surface area (Å²) in [6.45, 7) is 4.22. The molecule has 0 bridgehead atoms. The Labute approximate surface area is 226 Å². The molecular weight excluding hydrogens is 492 g/mol. The number of aromatic nitrogens is 4. The zero-order valence-electron chi connectivity index (χ0n) is 22.0. The third kappa shape index (κ3) is 5.15. The Kier molecular flexibility index (Phi) is 6.62. The first-order valence-corrected chi connectivity index (χ1v) is 13.1. The number of carboxylic acid groups (broad SMARTS) is 1. The van der Waals surface area contributed by atoms with Gasteiger partial charge in [-0.05, 0) is 54.7 Å². The topological polar surface area (TPSA) is 91.4 Å². The summed E-state index contributed by atoms with van der Waals surface area (Å²) in [4.78, 5) is 20.9. The molecule has 1 saturated carbocycles. The number of fused-ring (bicyclic) bond motifs is 1. The minimum absolute atomic E-state index is 0.321. The van der Waals surface area contributed by atoms with Crippen molar-refractivity contribution < 1.29 is 19.4 Å². The van der Waals surface area contributed by atoms with Crippen molar-refractivity contribution in [3.8, 4) is 28.1 Å². The molecule has 0 amide bonds. The quantitative estimate of drug-likeness (QED) is 0.175. The zero-order valence-corrected chi connectivity index (χ0v) is 22.0.